The van der Waals surface area contributed by atoms with Crippen molar-refractivity contribution in [2.45, 2.75) is 6.54 Å². The fourth-order valence-electron chi connectivity index (χ4n) is 2.31. The molecule has 0 atom stereocenters. The van der Waals surface area contributed by atoms with Gasteiger partial charge in [0.05, 0.1) is 11.6 Å². The van der Waals surface area contributed by atoms with Crippen LogP contribution in [0.15, 0.2) is 53.1 Å². The molecule has 0 bridgehead atoms. The highest BCUT2D eigenvalue weighted by molar-refractivity contribution is 9.10. The molecule has 4 heteroatoms. The Morgan fingerprint density at radius 2 is 2.00 bits per heavy atom. The van der Waals surface area contributed by atoms with Crippen molar-refractivity contribution in [1.29, 1.82) is 0 Å². The fraction of sp³-hybridized carbons (Fsp3) is 0.125. The lowest BCUT2D eigenvalue weighted by Crippen LogP contribution is -1.98. The molecule has 0 saturated carbocycles. The predicted molar refractivity (Wildman–Crippen MR) is 86.7 cm³/mol. The summed E-state index contributed by atoms with van der Waals surface area (Å²) in [5, 5.41) is 1.92. The molecule has 3 aromatic rings. The summed E-state index contributed by atoms with van der Waals surface area (Å²) < 4.78 is 8.43. The summed E-state index contributed by atoms with van der Waals surface area (Å²) in [5.74, 6) is 0.845. The Labute approximate surface area is 131 Å². The highest BCUT2D eigenvalue weighted by Gasteiger charge is 2.05. The zero-order chi connectivity index (χ0) is 14.1. The Morgan fingerprint density at radius 3 is 2.75 bits per heavy atom. The summed E-state index contributed by atoms with van der Waals surface area (Å²) in [6.07, 6.45) is 2.08. The summed E-state index contributed by atoms with van der Waals surface area (Å²) in [4.78, 5) is 0. The van der Waals surface area contributed by atoms with E-state index in [1.54, 1.807) is 7.11 Å². The van der Waals surface area contributed by atoms with Gasteiger partial charge in [-0.15, -0.1) is 0 Å². The van der Waals surface area contributed by atoms with Gasteiger partial charge < -0.3 is 9.30 Å². The average Bonchev–Trinajstić information content (AvgIpc) is 2.81. The molecule has 0 aliphatic heterocycles. The first kappa shape index (κ1) is 13.5. The number of nitrogens with zero attached hydrogens (tertiary/aromatic N) is 1. The van der Waals surface area contributed by atoms with Gasteiger partial charge in [-0.2, -0.15) is 0 Å². The van der Waals surface area contributed by atoms with Crippen LogP contribution < -0.4 is 4.74 Å². The summed E-state index contributed by atoms with van der Waals surface area (Å²) in [6.45, 7) is 0.813. The summed E-state index contributed by atoms with van der Waals surface area (Å²) >= 11 is 9.53. The molecule has 2 nitrogen and oxygen atoms in total. The molecule has 0 unspecified atom stereocenters. The zero-order valence-electron chi connectivity index (χ0n) is 10.9. The molecule has 3 rings (SSSR count). The minimum Gasteiger partial charge on any atom is -0.496 e. The fourth-order valence-corrected chi connectivity index (χ4v) is 3.08. The van der Waals surface area contributed by atoms with Crippen molar-refractivity contribution >= 4 is 38.4 Å². The Morgan fingerprint density at radius 1 is 1.15 bits per heavy atom. The molecule has 0 amide bonds. The monoisotopic (exact) mass is 349 g/mol. The van der Waals surface area contributed by atoms with E-state index in [9.17, 15) is 0 Å². The second kappa shape index (κ2) is 5.51. The SMILES string of the molecule is COc1ccc(Cn2ccc3cc(Cl)ccc32)cc1Br. The second-order valence-electron chi connectivity index (χ2n) is 4.62. The van der Waals surface area contributed by atoms with E-state index in [2.05, 4.69) is 51.0 Å². The molecule has 0 aliphatic carbocycles. The van der Waals surface area contributed by atoms with Crippen molar-refractivity contribution < 1.29 is 4.74 Å². The van der Waals surface area contributed by atoms with E-state index in [0.717, 1.165) is 27.2 Å². The lowest BCUT2D eigenvalue weighted by Gasteiger charge is -2.08. The van der Waals surface area contributed by atoms with E-state index < -0.39 is 0 Å². The number of fused-ring (bicyclic) bond motifs is 1. The molecule has 0 aliphatic rings. The smallest absolute Gasteiger partial charge is 0.133 e. The maximum Gasteiger partial charge on any atom is 0.133 e. The first-order valence-corrected chi connectivity index (χ1v) is 7.41. The Balaban J connectivity index is 1.95. The summed E-state index contributed by atoms with van der Waals surface area (Å²) in [7, 11) is 1.67. The van der Waals surface area contributed by atoms with Gasteiger partial charge in [0.2, 0.25) is 0 Å². The number of benzene rings is 2. The first-order valence-electron chi connectivity index (χ1n) is 6.24. The van der Waals surface area contributed by atoms with Gasteiger partial charge in [-0.05, 0) is 57.9 Å². The quantitative estimate of drug-likeness (QED) is 0.640. The molecular weight excluding hydrogens is 338 g/mol. The molecule has 0 spiro atoms. The molecular formula is C16H13BrClNO. The van der Waals surface area contributed by atoms with E-state index in [-0.39, 0.29) is 0 Å². The van der Waals surface area contributed by atoms with Gasteiger partial charge in [0.25, 0.3) is 0 Å². The van der Waals surface area contributed by atoms with Crippen LogP contribution in [0.5, 0.6) is 5.75 Å². The molecule has 0 saturated heterocycles. The molecule has 102 valence electrons. The lowest BCUT2D eigenvalue weighted by molar-refractivity contribution is 0.412. The van der Waals surface area contributed by atoms with Crippen molar-refractivity contribution in [3.8, 4) is 5.75 Å². The molecule has 0 fully saturated rings. The van der Waals surface area contributed by atoms with Crippen LogP contribution in [0, 0.1) is 0 Å². The minimum absolute atomic E-state index is 0.766. The number of rotatable bonds is 3. The number of ether oxygens (including phenoxy) is 1. The second-order valence-corrected chi connectivity index (χ2v) is 5.91. The summed E-state index contributed by atoms with van der Waals surface area (Å²) in [6, 6.07) is 14.2. The number of halogens is 2. The Hall–Kier alpha value is -1.45. The predicted octanol–water partition coefficient (Wildman–Crippen LogP) is 5.11. The van der Waals surface area contributed by atoms with Crippen molar-refractivity contribution in [3.05, 3.63) is 63.7 Å². The van der Waals surface area contributed by atoms with Crippen LogP contribution in [-0.4, -0.2) is 11.7 Å². The number of methoxy groups -OCH3 is 1. The largest absolute Gasteiger partial charge is 0.496 e. The van der Waals surface area contributed by atoms with Crippen LogP contribution in [-0.2, 0) is 6.54 Å². The number of hydrogen-bond acceptors (Lipinski definition) is 1. The van der Waals surface area contributed by atoms with Gasteiger partial charge in [-0.3, -0.25) is 0 Å². The van der Waals surface area contributed by atoms with Crippen LogP contribution in [0.2, 0.25) is 5.02 Å². The van der Waals surface area contributed by atoms with Crippen molar-refractivity contribution in [1.82, 2.24) is 4.57 Å². The van der Waals surface area contributed by atoms with Gasteiger partial charge in [0, 0.05) is 28.7 Å². The van der Waals surface area contributed by atoms with Gasteiger partial charge >= 0.3 is 0 Å². The van der Waals surface area contributed by atoms with E-state index in [1.165, 1.54) is 11.1 Å². The van der Waals surface area contributed by atoms with Crippen LogP contribution >= 0.6 is 27.5 Å². The first-order chi connectivity index (χ1) is 9.67. The van der Waals surface area contributed by atoms with E-state index in [1.807, 2.05) is 18.2 Å². The zero-order valence-corrected chi connectivity index (χ0v) is 13.3. The average molecular weight is 351 g/mol. The number of aromatic nitrogens is 1. The lowest BCUT2D eigenvalue weighted by atomic mass is 10.2. The number of hydrogen-bond donors (Lipinski definition) is 0. The third-order valence-corrected chi connectivity index (χ3v) is 4.16. The van der Waals surface area contributed by atoms with Gasteiger partial charge in [0.1, 0.15) is 5.75 Å². The van der Waals surface area contributed by atoms with E-state index in [4.69, 9.17) is 16.3 Å². The summed E-state index contributed by atoms with van der Waals surface area (Å²) in [5.41, 5.74) is 2.39. The topological polar surface area (TPSA) is 14.2 Å². The molecule has 0 N–H and O–H groups in total. The van der Waals surface area contributed by atoms with Crippen molar-refractivity contribution in [2.24, 2.45) is 0 Å². The standard InChI is InChI=1S/C16H13BrClNO/c1-20-16-5-2-11(8-14(16)17)10-19-7-6-12-9-13(18)3-4-15(12)19/h2-9H,10H2,1H3. The van der Waals surface area contributed by atoms with Crippen LogP contribution in [0.25, 0.3) is 10.9 Å². The van der Waals surface area contributed by atoms with E-state index >= 15 is 0 Å². The highest BCUT2D eigenvalue weighted by Crippen LogP contribution is 2.27. The van der Waals surface area contributed by atoms with Crippen LogP contribution in [0.1, 0.15) is 5.56 Å². The molecule has 20 heavy (non-hydrogen) atoms. The molecule has 1 aromatic heterocycles. The van der Waals surface area contributed by atoms with E-state index in [0.29, 0.717) is 0 Å². The maximum atomic E-state index is 6.01. The van der Waals surface area contributed by atoms with Gasteiger partial charge in [-0.1, -0.05) is 17.7 Å². The Kier molecular flexibility index (Phi) is 3.72. The maximum absolute atomic E-state index is 6.01. The normalized spacial score (nSPS) is 10.9. The minimum atomic E-state index is 0.766. The molecule has 1 heterocycles. The van der Waals surface area contributed by atoms with Crippen molar-refractivity contribution in [2.75, 3.05) is 7.11 Å². The van der Waals surface area contributed by atoms with Gasteiger partial charge in [0.15, 0.2) is 0 Å². The third-order valence-electron chi connectivity index (χ3n) is 3.30. The molecule has 0 radical (unpaired) electrons. The van der Waals surface area contributed by atoms with Crippen molar-refractivity contribution in [3.63, 3.8) is 0 Å². The van der Waals surface area contributed by atoms with Crippen LogP contribution in [0.3, 0.4) is 0 Å². The van der Waals surface area contributed by atoms with Gasteiger partial charge in [-0.25, -0.2) is 0 Å². The Bertz CT molecular complexity index is 766. The van der Waals surface area contributed by atoms with Crippen LogP contribution in [0.4, 0.5) is 0 Å². The highest BCUT2D eigenvalue weighted by atomic mass is 79.9. The molecule has 2 aromatic carbocycles. The third kappa shape index (κ3) is 2.56.